The third kappa shape index (κ3) is 1.03. The number of aromatic nitrogens is 1. The highest BCUT2D eigenvalue weighted by atomic mass is 32.1. The fourth-order valence-corrected chi connectivity index (χ4v) is 1.77. The van der Waals surface area contributed by atoms with Gasteiger partial charge in [-0.05, 0) is 24.6 Å². The van der Waals surface area contributed by atoms with Crippen LogP contribution >= 0.6 is 12.6 Å². The van der Waals surface area contributed by atoms with Crippen molar-refractivity contribution in [2.75, 3.05) is 0 Å². The molecule has 0 N–H and O–H groups in total. The maximum atomic E-state index is 4.30. The van der Waals surface area contributed by atoms with E-state index in [4.69, 9.17) is 0 Å². The summed E-state index contributed by atoms with van der Waals surface area (Å²) >= 11 is 4.30. The first kappa shape index (κ1) is 7.74. The summed E-state index contributed by atoms with van der Waals surface area (Å²) in [6.45, 7) is 2.13. The second-order valence-electron chi connectivity index (χ2n) is 3.12. The molecular weight excluding hydrogens is 166 g/mol. The first-order valence-corrected chi connectivity index (χ1v) is 4.38. The van der Waals surface area contributed by atoms with E-state index in [1.165, 1.54) is 16.5 Å². The van der Waals surface area contributed by atoms with Crippen LogP contribution in [0.5, 0.6) is 0 Å². The zero-order valence-electron chi connectivity index (χ0n) is 7.20. The molecule has 0 spiro atoms. The Bertz CT molecular complexity index is 429. The van der Waals surface area contributed by atoms with Crippen molar-refractivity contribution >= 4 is 23.5 Å². The van der Waals surface area contributed by atoms with Gasteiger partial charge in [0.1, 0.15) is 0 Å². The molecule has 0 aliphatic carbocycles. The Morgan fingerprint density at radius 3 is 2.83 bits per heavy atom. The Morgan fingerprint density at radius 2 is 2.08 bits per heavy atom. The minimum Gasteiger partial charge on any atom is -0.350 e. The number of aryl methyl sites for hydroxylation is 2. The molecule has 0 saturated carbocycles. The van der Waals surface area contributed by atoms with Crippen molar-refractivity contribution in [3.63, 3.8) is 0 Å². The lowest BCUT2D eigenvalue weighted by molar-refractivity contribution is 0.962. The van der Waals surface area contributed by atoms with Crippen molar-refractivity contribution < 1.29 is 0 Å². The fraction of sp³-hybridized carbons (Fsp3) is 0.200. The van der Waals surface area contributed by atoms with E-state index in [2.05, 4.69) is 49.5 Å². The average molecular weight is 177 g/mol. The summed E-state index contributed by atoms with van der Waals surface area (Å²) in [6.07, 6.45) is 2.14. The van der Waals surface area contributed by atoms with E-state index in [0.717, 1.165) is 4.90 Å². The van der Waals surface area contributed by atoms with Gasteiger partial charge in [-0.1, -0.05) is 6.07 Å². The minimum absolute atomic E-state index is 1.02. The van der Waals surface area contributed by atoms with Crippen LogP contribution in [0.15, 0.2) is 29.3 Å². The smallest absolute Gasteiger partial charge is 0.0491 e. The van der Waals surface area contributed by atoms with Crippen LogP contribution in [0.25, 0.3) is 10.9 Å². The summed E-state index contributed by atoms with van der Waals surface area (Å²) in [6, 6.07) is 6.23. The number of hydrogen-bond donors (Lipinski definition) is 1. The SMILES string of the molecule is Cc1cn(C)c2cc(S)ccc12. The maximum absolute atomic E-state index is 4.30. The van der Waals surface area contributed by atoms with Crippen molar-refractivity contribution in [1.29, 1.82) is 0 Å². The van der Waals surface area contributed by atoms with Gasteiger partial charge in [-0.15, -0.1) is 12.6 Å². The summed E-state index contributed by atoms with van der Waals surface area (Å²) in [7, 11) is 2.06. The number of fused-ring (bicyclic) bond motifs is 1. The quantitative estimate of drug-likeness (QED) is 0.590. The Morgan fingerprint density at radius 1 is 1.33 bits per heavy atom. The van der Waals surface area contributed by atoms with Gasteiger partial charge in [0.05, 0.1) is 0 Å². The molecule has 62 valence electrons. The van der Waals surface area contributed by atoms with Gasteiger partial charge in [-0.3, -0.25) is 0 Å². The van der Waals surface area contributed by atoms with Crippen LogP contribution in [0, 0.1) is 6.92 Å². The number of rotatable bonds is 0. The normalized spacial score (nSPS) is 10.9. The Kier molecular flexibility index (Phi) is 1.65. The molecule has 0 bridgehead atoms. The summed E-state index contributed by atoms with van der Waals surface area (Å²) in [5, 5.41) is 1.32. The molecular formula is C10H11NS. The fourth-order valence-electron chi connectivity index (χ4n) is 1.57. The third-order valence-corrected chi connectivity index (χ3v) is 2.45. The first-order chi connectivity index (χ1) is 5.68. The number of nitrogens with zero attached hydrogens (tertiary/aromatic N) is 1. The van der Waals surface area contributed by atoms with Crippen molar-refractivity contribution in [2.24, 2.45) is 7.05 Å². The zero-order valence-corrected chi connectivity index (χ0v) is 8.10. The van der Waals surface area contributed by atoms with Crippen LogP contribution in [0.2, 0.25) is 0 Å². The Hall–Kier alpha value is -0.890. The van der Waals surface area contributed by atoms with Gasteiger partial charge in [0.15, 0.2) is 0 Å². The number of hydrogen-bond acceptors (Lipinski definition) is 1. The molecule has 1 nitrogen and oxygen atoms in total. The van der Waals surface area contributed by atoms with E-state index in [1.54, 1.807) is 0 Å². The van der Waals surface area contributed by atoms with E-state index < -0.39 is 0 Å². The van der Waals surface area contributed by atoms with E-state index in [9.17, 15) is 0 Å². The van der Waals surface area contributed by atoms with Gasteiger partial charge in [-0.25, -0.2) is 0 Å². The summed E-state index contributed by atoms with van der Waals surface area (Å²) in [5.74, 6) is 0. The predicted molar refractivity (Wildman–Crippen MR) is 54.9 cm³/mol. The molecule has 12 heavy (non-hydrogen) atoms. The molecule has 2 aromatic rings. The van der Waals surface area contributed by atoms with E-state index in [-0.39, 0.29) is 0 Å². The summed E-state index contributed by atoms with van der Waals surface area (Å²) in [5.41, 5.74) is 2.57. The predicted octanol–water partition coefficient (Wildman–Crippen LogP) is 2.78. The minimum atomic E-state index is 1.02. The molecule has 0 aliphatic heterocycles. The topological polar surface area (TPSA) is 4.93 Å². The van der Waals surface area contributed by atoms with E-state index >= 15 is 0 Å². The molecule has 2 heteroatoms. The van der Waals surface area contributed by atoms with Gasteiger partial charge in [0, 0.05) is 29.0 Å². The second kappa shape index (κ2) is 2.56. The molecule has 1 aromatic heterocycles. The van der Waals surface area contributed by atoms with Gasteiger partial charge in [-0.2, -0.15) is 0 Å². The average Bonchev–Trinajstić information content (AvgIpc) is 2.28. The first-order valence-electron chi connectivity index (χ1n) is 3.93. The molecule has 0 unspecified atom stereocenters. The van der Waals surface area contributed by atoms with Gasteiger partial charge in [0.2, 0.25) is 0 Å². The van der Waals surface area contributed by atoms with Gasteiger partial charge >= 0.3 is 0 Å². The number of benzene rings is 1. The monoisotopic (exact) mass is 177 g/mol. The maximum Gasteiger partial charge on any atom is 0.0491 e. The molecule has 0 fully saturated rings. The van der Waals surface area contributed by atoms with Crippen LogP contribution in [-0.4, -0.2) is 4.57 Å². The van der Waals surface area contributed by atoms with Gasteiger partial charge in [0.25, 0.3) is 0 Å². The third-order valence-electron chi connectivity index (χ3n) is 2.17. The molecule has 0 atom stereocenters. The molecule has 0 radical (unpaired) electrons. The molecule has 0 amide bonds. The highest BCUT2D eigenvalue weighted by molar-refractivity contribution is 7.80. The molecule has 1 aromatic carbocycles. The van der Waals surface area contributed by atoms with E-state index in [0.29, 0.717) is 0 Å². The van der Waals surface area contributed by atoms with Crippen LogP contribution in [0.4, 0.5) is 0 Å². The van der Waals surface area contributed by atoms with Crippen molar-refractivity contribution in [3.8, 4) is 0 Å². The van der Waals surface area contributed by atoms with Crippen LogP contribution < -0.4 is 0 Å². The van der Waals surface area contributed by atoms with Crippen molar-refractivity contribution in [2.45, 2.75) is 11.8 Å². The second-order valence-corrected chi connectivity index (χ2v) is 3.64. The Labute approximate surface area is 77.4 Å². The summed E-state index contributed by atoms with van der Waals surface area (Å²) in [4.78, 5) is 1.02. The standard InChI is InChI=1S/C10H11NS/c1-7-6-11(2)10-5-8(12)3-4-9(7)10/h3-6,12H,1-2H3. The molecule has 2 rings (SSSR count). The van der Waals surface area contributed by atoms with E-state index in [1.807, 2.05) is 6.07 Å². The molecule has 1 heterocycles. The largest absolute Gasteiger partial charge is 0.350 e. The van der Waals surface area contributed by atoms with Crippen LogP contribution in [0.1, 0.15) is 5.56 Å². The highest BCUT2D eigenvalue weighted by Gasteiger charge is 2.01. The Balaban J connectivity index is 2.90. The zero-order chi connectivity index (χ0) is 8.72. The lowest BCUT2D eigenvalue weighted by atomic mass is 10.2. The lowest BCUT2D eigenvalue weighted by Crippen LogP contribution is -1.82. The molecule has 0 aliphatic rings. The van der Waals surface area contributed by atoms with Crippen LogP contribution in [0.3, 0.4) is 0 Å². The lowest BCUT2D eigenvalue weighted by Gasteiger charge is -1.96. The highest BCUT2D eigenvalue weighted by Crippen LogP contribution is 2.22. The van der Waals surface area contributed by atoms with Crippen molar-refractivity contribution in [1.82, 2.24) is 4.57 Å². The summed E-state index contributed by atoms with van der Waals surface area (Å²) < 4.78 is 2.13. The van der Waals surface area contributed by atoms with Gasteiger partial charge < -0.3 is 4.57 Å². The van der Waals surface area contributed by atoms with Crippen LogP contribution in [-0.2, 0) is 7.05 Å². The number of thiol groups is 1. The van der Waals surface area contributed by atoms with Crippen molar-refractivity contribution in [3.05, 3.63) is 30.0 Å². The molecule has 0 saturated heterocycles.